The fraction of sp³-hybridized carbons (Fsp3) is 0.250. The summed E-state index contributed by atoms with van der Waals surface area (Å²) in [5.74, 6) is 0. The highest BCUT2D eigenvalue weighted by Gasteiger charge is 2.35. The van der Waals surface area contributed by atoms with Gasteiger partial charge in [-0.25, -0.2) is 4.79 Å². The van der Waals surface area contributed by atoms with Gasteiger partial charge < -0.3 is 9.47 Å². The number of ether oxygens (including phenoxy) is 2. The minimum absolute atomic E-state index is 0.120. The van der Waals surface area contributed by atoms with Crippen molar-refractivity contribution in [2.75, 3.05) is 13.2 Å². The summed E-state index contributed by atoms with van der Waals surface area (Å²) in [4.78, 5) is 25.4. The third-order valence-corrected chi connectivity index (χ3v) is 5.60. The Balaban J connectivity index is 1.78. The molecular formula is C24H22BrF3N2O4. The average Bonchev–Trinajstić information content (AvgIpc) is 2.80. The molecule has 2 aromatic carbocycles. The highest BCUT2D eigenvalue weighted by Crippen LogP contribution is 2.26. The number of hydrogen-bond acceptors (Lipinski definition) is 4. The molecule has 0 saturated carbocycles. The van der Waals surface area contributed by atoms with Gasteiger partial charge in [-0.3, -0.25) is 14.3 Å². The van der Waals surface area contributed by atoms with Crippen LogP contribution in [0.25, 0.3) is 0 Å². The maximum Gasteiger partial charge on any atom is 0.423 e. The van der Waals surface area contributed by atoms with Crippen molar-refractivity contribution in [1.29, 1.82) is 0 Å². The van der Waals surface area contributed by atoms with Gasteiger partial charge in [-0.15, -0.1) is 0 Å². The van der Waals surface area contributed by atoms with Crippen LogP contribution in [0.3, 0.4) is 0 Å². The van der Waals surface area contributed by atoms with Crippen molar-refractivity contribution >= 4 is 15.9 Å². The largest absolute Gasteiger partial charge is 0.423 e. The Hall–Kier alpha value is -2.95. The highest BCUT2D eigenvalue weighted by atomic mass is 79.9. The molecule has 0 atom stereocenters. The van der Waals surface area contributed by atoms with Gasteiger partial charge in [0.25, 0.3) is 5.56 Å². The Morgan fingerprint density at radius 1 is 0.882 bits per heavy atom. The first kappa shape index (κ1) is 25.7. The zero-order valence-electron chi connectivity index (χ0n) is 18.0. The van der Waals surface area contributed by atoms with E-state index < -0.39 is 23.0 Å². The number of benzene rings is 2. The van der Waals surface area contributed by atoms with Crippen LogP contribution in [-0.2, 0) is 35.4 Å². The van der Waals surface area contributed by atoms with E-state index in [1.54, 1.807) is 4.98 Å². The van der Waals surface area contributed by atoms with Gasteiger partial charge in [0.15, 0.2) is 0 Å². The van der Waals surface area contributed by atoms with E-state index in [0.29, 0.717) is 29.5 Å². The molecule has 180 valence electrons. The summed E-state index contributed by atoms with van der Waals surface area (Å²) in [5.41, 5.74) is -1.37. The Labute approximate surface area is 201 Å². The fourth-order valence-corrected chi connectivity index (χ4v) is 3.52. The lowest BCUT2D eigenvalue weighted by molar-refractivity contribution is -0.139. The maximum atomic E-state index is 13.1. The smallest absolute Gasteiger partial charge is 0.372 e. The number of aromatic amines is 1. The van der Waals surface area contributed by atoms with E-state index in [1.165, 1.54) is 0 Å². The molecule has 10 heteroatoms. The lowest BCUT2D eigenvalue weighted by Gasteiger charge is -2.15. The minimum atomic E-state index is -4.89. The Morgan fingerprint density at radius 2 is 1.38 bits per heavy atom. The topological polar surface area (TPSA) is 73.3 Å². The second kappa shape index (κ2) is 12.0. The van der Waals surface area contributed by atoms with E-state index >= 15 is 0 Å². The summed E-state index contributed by atoms with van der Waals surface area (Å²) in [5, 5.41) is 0. The molecule has 0 amide bonds. The second-order valence-corrected chi connectivity index (χ2v) is 8.35. The number of nitrogens with zero attached hydrogens (tertiary/aromatic N) is 1. The first-order valence-corrected chi connectivity index (χ1v) is 11.0. The zero-order chi connectivity index (χ0) is 24.6. The Morgan fingerprint density at radius 3 is 1.85 bits per heavy atom. The molecule has 34 heavy (non-hydrogen) atoms. The summed E-state index contributed by atoms with van der Waals surface area (Å²) in [7, 11) is 0. The first-order valence-electron chi connectivity index (χ1n) is 10.2. The molecule has 3 rings (SSSR count). The van der Waals surface area contributed by atoms with Crippen LogP contribution in [0.15, 0.2) is 86.5 Å². The molecule has 6 nitrogen and oxygen atoms in total. The number of allylic oxidation sites excluding steroid dienone is 1. The number of nitrogens with one attached hydrogen (secondary N) is 1. The minimum Gasteiger partial charge on any atom is -0.372 e. The quantitative estimate of drug-likeness (QED) is 0.408. The number of aromatic nitrogens is 2. The number of halogens is 4. The normalized spacial score (nSPS) is 11.4. The van der Waals surface area contributed by atoms with Crippen molar-refractivity contribution in [1.82, 2.24) is 9.55 Å². The van der Waals surface area contributed by atoms with Crippen LogP contribution < -0.4 is 11.2 Å². The summed E-state index contributed by atoms with van der Waals surface area (Å²) in [6, 6.07) is 18.9. The van der Waals surface area contributed by atoms with E-state index in [0.717, 1.165) is 15.7 Å². The van der Waals surface area contributed by atoms with Gasteiger partial charge in [0.2, 0.25) is 0 Å². The third-order valence-electron chi connectivity index (χ3n) is 4.78. The number of hydrogen-bond donors (Lipinski definition) is 1. The van der Waals surface area contributed by atoms with Crippen molar-refractivity contribution in [2.45, 2.75) is 25.9 Å². The molecular weight excluding hydrogens is 517 g/mol. The molecule has 0 unspecified atom stereocenters. The van der Waals surface area contributed by atoms with Crippen LogP contribution in [0.2, 0.25) is 0 Å². The molecule has 3 aromatic rings. The van der Waals surface area contributed by atoms with Crippen molar-refractivity contribution < 1.29 is 22.6 Å². The highest BCUT2D eigenvalue weighted by molar-refractivity contribution is 9.11. The van der Waals surface area contributed by atoms with Crippen LogP contribution in [0.1, 0.15) is 16.7 Å². The van der Waals surface area contributed by atoms with E-state index in [2.05, 4.69) is 15.9 Å². The zero-order valence-corrected chi connectivity index (χ0v) is 19.6. The summed E-state index contributed by atoms with van der Waals surface area (Å²) in [6.07, 6.45) is -4.38. The van der Waals surface area contributed by atoms with Gasteiger partial charge in [0, 0.05) is 10.7 Å². The van der Waals surface area contributed by atoms with Gasteiger partial charge in [0.05, 0.1) is 33.0 Å². The molecule has 1 heterocycles. The monoisotopic (exact) mass is 538 g/mol. The van der Waals surface area contributed by atoms with E-state index in [4.69, 9.17) is 9.47 Å². The van der Waals surface area contributed by atoms with Crippen molar-refractivity contribution in [2.24, 2.45) is 0 Å². The number of H-pyrrole nitrogens is 1. The van der Waals surface area contributed by atoms with Crippen LogP contribution in [0.4, 0.5) is 13.2 Å². The van der Waals surface area contributed by atoms with Crippen LogP contribution >= 0.6 is 15.9 Å². The van der Waals surface area contributed by atoms with Gasteiger partial charge in [-0.1, -0.05) is 76.6 Å². The van der Waals surface area contributed by atoms with E-state index in [9.17, 15) is 22.8 Å². The lowest BCUT2D eigenvalue weighted by Crippen LogP contribution is -2.34. The molecule has 0 radical (unpaired) electrons. The van der Waals surface area contributed by atoms with Gasteiger partial charge in [-0.05, 0) is 16.7 Å². The van der Waals surface area contributed by atoms with E-state index in [-0.39, 0.29) is 19.8 Å². The molecule has 1 N–H and O–H groups in total. The summed E-state index contributed by atoms with van der Waals surface area (Å²) < 4.78 is 52.1. The number of rotatable bonds is 10. The van der Waals surface area contributed by atoms with Crippen molar-refractivity contribution in [3.05, 3.63) is 114 Å². The SMILES string of the molecule is O=c1[nH]c(=O)n(CC(Br)=C(COCc2ccccc2)COCc2ccccc2)cc1C(F)(F)F. The molecule has 1 aromatic heterocycles. The summed E-state index contributed by atoms with van der Waals surface area (Å²) in [6.45, 7) is 0.640. The average molecular weight is 539 g/mol. The van der Waals surface area contributed by atoms with Crippen molar-refractivity contribution in [3.63, 3.8) is 0 Å². The van der Waals surface area contributed by atoms with Crippen LogP contribution in [0, 0.1) is 0 Å². The fourth-order valence-electron chi connectivity index (χ4n) is 3.02. The molecule has 0 fully saturated rings. The lowest BCUT2D eigenvalue weighted by atomic mass is 10.2. The predicted octanol–water partition coefficient (Wildman–Crippen LogP) is 4.64. The molecule has 0 aliphatic rings. The Bertz CT molecular complexity index is 1180. The summed E-state index contributed by atoms with van der Waals surface area (Å²) >= 11 is 3.37. The molecule has 0 aliphatic heterocycles. The van der Waals surface area contributed by atoms with Crippen LogP contribution in [-0.4, -0.2) is 22.8 Å². The van der Waals surface area contributed by atoms with Gasteiger partial charge in [0.1, 0.15) is 5.56 Å². The maximum absolute atomic E-state index is 13.1. The molecule has 0 spiro atoms. The van der Waals surface area contributed by atoms with Gasteiger partial charge >= 0.3 is 11.9 Å². The van der Waals surface area contributed by atoms with Crippen molar-refractivity contribution in [3.8, 4) is 0 Å². The molecule has 0 bridgehead atoms. The Kier molecular flexibility index (Phi) is 9.03. The predicted molar refractivity (Wildman–Crippen MR) is 124 cm³/mol. The first-order chi connectivity index (χ1) is 16.2. The van der Waals surface area contributed by atoms with Gasteiger partial charge in [-0.2, -0.15) is 13.2 Å². The number of alkyl halides is 3. The van der Waals surface area contributed by atoms with Crippen LogP contribution in [0.5, 0.6) is 0 Å². The molecule has 0 saturated heterocycles. The third kappa shape index (κ3) is 7.54. The molecule has 0 aliphatic carbocycles. The standard InChI is InChI=1S/C24H22BrF3N2O4/c25-21(12-30-11-20(24(26,27)28)22(31)29-23(30)32)19(15-33-13-17-7-3-1-4-8-17)16-34-14-18-9-5-2-6-10-18/h1-11H,12-16H2,(H,29,31,32). The van der Waals surface area contributed by atoms with E-state index in [1.807, 2.05) is 60.7 Å². The second-order valence-electron chi connectivity index (χ2n) is 7.39.